The number of alkyl carbamates (subject to hydrolysis) is 1. The fourth-order valence-electron chi connectivity index (χ4n) is 4.47. The Morgan fingerprint density at radius 3 is 1.98 bits per heavy atom. The molecule has 0 radical (unpaired) electrons. The molecule has 0 fully saturated rings. The second-order valence-electron chi connectivity index (χ2n) is 11.9. The number of carbonyl (C=O) groups excluding carboxylic acids is 1. The van der Waals surface area contributed by atoms with Crippen molar-refractivity contribution in [1.29, 1.82) is 0 Å². The maximum Gasteiger partial charge on any atom is 0.407 e. The first-order chi connectivity index (χ1) is 19.4. The van der Waals surface area contributed by atoms with Gasteiger partial charge in [0, 0.05) is 36.3 Å². The average molecular weight is 616 g/mol. The second-order valence-corrected chi connectivity index (χ2v) is 15.6. The van der Waals surface area contributed by atoms with Crippen molar-refractivity contribution < 1.29 is 26.4 Å². The summed E-state index contributed by atoms with van der Waals surface area (Å²) in [4.78, 5) is 17.5. The van der Waals surface area contributed by atoms with Crippen LogP contribution in [0.15, 0.2) is 58.3 Å². The Hall–Kier alpha value is -3.28. The summed E-state index contributed by atoms with van der Waals surface area (Å²) in [5.41, 5.74) is 5.00. The Balaban J connectivity index is 2.10. The summed E-state index contributed by atoms with van der Waals surface area (Å²) in [5.74, 6) is 0.280. The van der Waals surface area contributed by atoms with Gasteiger partial charge >= 0.3 is 6.09 Å². The van der Waals surface area contributed by atoms with Gasteiger partial charge in [-0.25, -0.2) is 26.4 Å². The monoisotopic (exact) mass is 615 g/mol. The smallest absolute Gasteiger partial charge is 0.407 e. The lowest BCUT2D eigenvalue weighted by atomic mass is 9.89. The number of hydrogen-bond donors (Lipinski definition) is 2. The third-order valence-electron chi connectivity index (χ3n) is 6.44. The van der Waals surface area contributed by atoms with Crippen LogP contribution in [0.1, 0.15) is 62.7 Å². The van der Waals surface area contributed by atoms with Gasteiger partial charge in [-0.2, -0.15) is 0 Å². The molecule has 3 aromatic rings. The molecule has 0 saturated heterocycles. The summed E-state index contributed by atoms with van der Waals surface area (Å²) in [6, 6.07) is 13.0. The van der Waals surface area contributed by atoms with Gasteiger partial charge in [-0.15, -0.1) is 0 Å². The zero-order valence-electron chi connectivity index (χ0n) is 25.5. The number of aryl methyl sites for hydroxylation is 2. The fraction of sp³-hybridized carbons (Fsp3) is 0.419. The lowest BCUT2D eigenvalue weighted by molar-refractivity contribution is 0.0523. The molecule has 0 aliphatic carbocycles. The first-order valence-electron chi connectivity index (χ1n) is 13.7. The van der Waals surface area contributed by atoms with Gasteiger partial charge in [0.2, 0.25) is 10.0 Å². The largest absolute Gasteiger partial charge is 0.444 e. The molecule has 0 saturated carbocycles. The Kier molecular flexibility index (Phi) is 10.2. The average Bonchev–Trinajstić information content (AvgIpc) is 2.86. The van der Waals surface area contributed by atoms with Crippen LogP contribution in [0.4, 0.5) is 4.79 Å². The van der Waals surface area contributed by atoms with Gasteiger partial charge in [0.15, 0.2) is 9.84 Å². The van der Waals surface area contributed by atoms with Crippen LogP contribution in [0, 0.1) is 19.8 Å². The van der Waals surface area contributed by atoms with Crippen LogP contribution in [-0.4, -0.2) is 39.8 Å². The van der Waals surface area contributed by atoms with Crippen molar-refractivity contribution in [3.05, 3.63) is 76.6 Å². The zero-order chi connectivity index (χ0) is 31.5. The number of ether oxygens (including phenoxy) is 1. The van der Waals surface area contributed by atoms with Gasteiger partial charge in [0.25, 0.3) is 0 Å². The Morgan fingerprint density at radius 2 is 1.45 bits per heavy atom. The lowest BCUT2D eigenvalue weighted by Crippen LogP contribution is -2.33. The third-order valence-corrected chi connectivity index (χ3v) is 8.99. The van der Waals surface area contributed by atoms with E-state index in [0.717, 1.165) is 34.2 Å². The van der Waals surface area contributed by atoms with Gasteiger partial charge in [-0.1, -0.05) is 43.7 Å². The van der Waals surface area contributed by atoms with Crippen molar-refractivity contribution in [3.8, 4) is 11.1 Å². The summed E-state index contributed by atoms with van der Waals surface area (Å²) in [7, 11) is -7.46. The topological polar surface area (TPSA) is 132 Å². The number of sulfonamides is 1. The number of hydrogen-bond acceptors (Lipinski definition) is 7. The highest BCUT2D eigenvalue weighted by Crippen LogP contribution is 2.33. The van der Waals surface area contributed by atoms with Gasteiger partial charge in [0.05, 0.1) is 9.79 Å². The van der Waals surface area contributed by atoms with Crippen molar-refractivity contribution >= 4 is 26.0 Å². The van der Waals surface area contributed by atoms with Crippen molar-refractivity contribution in [2.24, 2.45) is 5.92 Å². The van der Waals surface area contributed by atoms with Crippen LogP contribution in [0.5, 0.6) is 0 Å². The number of aromatic nitrogens is 1. The molecule has 42 heavy (non-hydrogen) atoms. The molecule has 0 bridgehead atoms. The standard InChI is InChI=1S/C31H41N3O6S2/c1-20(2)17-28-27(18-32-30(35)40-31(5,6)7)29(23-11-9-21(3)10-12-23)26(22(4)34-28)19-33-42(38,39)25-15-13-24(14-16-25)41(8,36)37/h9-16,20,33H,17-19H2,1-8H3,(H,32,35). The van der Waals surface area contributed by atoms with E-state index in [4.69, 9.17) is 9.72 Å². The van der Waals surface area contributed by atoms with Crippen molar-refractivity contribution in [2.75, 3.05) is 6.26 Å². The molecule has 2 aromatic carbocycles. The molecule has 0 aliphatic rings. The third kappa shape index (κ3) is 8.86. The minimum Gasteiger partial charge on any atom is -0.444 e. The molecule has 1 amide bonds. The van der Waals surface area contributed by atoms with E-state index in [-0.39, 0.29) is 28.8 Å². The number of carbonyl (C=O) groups is 1. The quantitative estimate of drug-likeness (QED) is 0.309. The first-order valence-corrected chi connectivity index (χ1v) is 17.1. The van der Waals surface area contributed by atoms with E-state index in [1.807, 2.05) is 38.1 Å². The highest BCUT2D eigenvalue weighted by Gasteiger charge is 2.24. The van der Waals surface area contributed by atoms with E-state index in [1.54, 1.807) is 20.8 Å². The van der Waals surface area contributed by atoms with Crippen LogP contribution < -0.4 is 10.0 Å². The van der Waals surface area contributed by atoms with Gasteiger partial charge in [-0.05, 0) is 87.9 Å². The van der Waals surface area contributed by atoms with Gasteiger partial charge in [-0.3, -0.25) is 4.98 Å². The Labute approximate surface area is 250 Å². The molecule has 228 valence electrons. The highest BCUT2D eigenvalue weighted by atomic mass is 32.2. The van der Waals surface area contributed by atoms with Crippen molar-refractivity contribution in [3.63, 3.8) is 0 Å². The number of nitrogens with zero attached hydrogens (tertiary/aromatic N) is 1. The molecule has 3 rings (SSSR count). The maximum atomic E-state index is 13.3. The minimum atomic E-state index is -3.99. The Bertz CT molecular complexity index is 1640. The molecular formula is C31H41N3O6S2. The molecule has 0 atom stereocenters. The van der Waals surface area contributed by atoms with Gasteiger partial charge in [0.1, 0.15) is 5.60 Å². The summed E-state index contributed by atoms with van der Waals surface area (Å²) >= 11 is 0. The number of sulfone groups is 1. The van der Waals surface area contributed by atoms with Gasteiger partial charge < -0.3 is 10.1 Å². The molecule has 11 heteroatoms. The van der Waals surface area contributed by atoms with Crippen LogP contribution in [0.25, 0.3) is 11.1 Å². The number of amides is 1. The number of pyridine rings is 1. The molecule has 0 unspecified atom stereocenters. The van der Waals surface area contributed by atoms with E-state index >= 15 is 0 Å². The normalized spacial score (nSPS) is 12.4. The van der Waals surface area contributed by atoms with Crippen LogP contribution in [0.3, 0.4) is 0 Å². The van der Waals surface area contributed by atoms with Crippen molar-refractivity contribution in [2.45, 2.75) is 83.4 Å². The number of nitrogens with one attached hydrogen (secondary N) is 2. The SMILES string of the molecule is Cc1ccc(-c2c(CNS(=O)(=O)c3ccc(S(C)(=O)=O)cc3)c(C)nc(CC(C)C)c2CNC(=O)OC(C)(C)C)cc1. The minimum absolute atomic E-state index is 0.0334. The maximum absolute atomic E-state index is 13.3. The number of rotatable bonds is 10. The summed E-state index contributed by atoms with van der Waals surface area (Å²) in [5, 5.41) is 2.86. The second kappa shape index (κ2) is 12.9. The number of benzene rings is 2. The fourth-order valence-corrected chi connectivity index (χ4v) is 6.09. The summed E-state index contributed by atoms with van der Waals surface area (Å²) in [6.45, 7) is 13.5. The zero-order valence-corrected chi connectivity index (χ0v) is 27.2. The molecule has 0 aliphatic heterocycles. The molecule has 0 spiro atoms. The van der Waals surface area contributed by atoms with E-state index in [2.05, 4.69) is 23.9 Å². The van der Waals surface area contributed by atoms with E-state index < -0.39 is 31.6 Å². The Morgan fingerprint density at radius 1 is 0.881 bits per heavy atom. The van der Waals surface area contributed by atoms with Crippen LogP contribution >= 0.6 is 0 Å². The van der Waals surface area contributed by atoms with E-state index in [0.29, 0.717) is 17.7 Å². The first kappa shape index (κ1) is 33.2. The van der Waals surface area contributed by atoms with E-state index in [1.165, 1.54) is 24.3 Å². The van der Waals surface area contributed by atoms with E-state index in [9.17, 15) is 21.6 Å². The summed E-state index contributed by atoms with van der Waals surface area (Å²) < 4.78 is 58.3. The van der Waals surface area contributed by atoms with Crippen LogP contribution in [0.2, 0.25) is 0 Å². The van der Waals surface area contributed by atoms with Crippen molar-refractivity contribution in [1.82, 2.24) is 15.0 Å². The lowest BCUT2D eigenvalue weighted by Gasteiger charge is -2.24. The molecule has 1 aromatic heterocycles. The van der Waals surface area contributed by atoms with Crippen LogP contribution in [-0.2, 0) is 44.1 Å². The summed E-state index contributed by atoms with van der Waals surface area (Å²) in [6.07, 6.45) is 1.16. The molecule has 1 heterocycles. The predicted molar refractivity (Wildman–Crippen MR) is 164 cm³/mol. The predicted octanol–water partition coefficient (Wildman–Crippen LogP) is 5.47. The molecular weight excluding hydrogens is 574 g/mol. The molecule has 9 nitrogen and oxygen atoms in total. The highest BCUT2D eigenvalue weighted by molar-refractivity contribution is 7.90. The molecule has 2 N–H and O–H groups in total.